The number of anilines is 1. The highest BCUT2D eigenvalue weighted by atomic mass is 79.9. The van der Waals surface area contributed by atoms with Gasteiger partial charge in [-0.25, -0.2) is 0 Å². The van der Waals surface area contributed by atoms with Gasteiger partial charge in [-0.05, 0) is 55.3 Å². The first-order chi connectivity index (χ1) is 12.7. The van der Waals surface area contributed by atoms with Crippen molar-refractivity contribution in [3.05, 3.63) is 64.4 Å². The van der Waals surface area contributed by atoms with Crippen molar-refractivity contribution in [2.24, 2.45) is 0 Å². The Morgan fingerprint density at radius 3 is 2.69 bits per heavy atom. The number of nitrogens with zero attached hydrogens (tertiary/aromatic N) is 3. The molecule has 2 heterocycles. The lowest BCUT2D eigenvalue weighted by Crippen LogP contribution is -2.11. The standard InChI is InChI=1S/C20H19BrN4O/c21-16-6-4-5-15(13-16)20(26)22-17-10-8-14(9-11-17)19-24-23-18-7-2-1-3-12-25(18)19/h4-6,8-11,13H,1-3,7,12H2,(H,22,26). The summed E-state index contributed by atoms with van der Waals surface area (Å²) in [6.45, 7) is 0.971. The number of aryl methyl sites for hydroxylation is 1. The predicted molar refractivity (Wildman–Crippen MR) is 105 cm³/mol. The Hall–Kier alpha value is -2.47. The average molecular weight is 411 g/mol. The maximum absolute atomic E-state index is 12.4. The predicted octanol–water partition coefficient (Wildman–Crippen LogP) is 4.69. The first kappa shape index (κ1) is 17.0. The molecule has 0 aliphatic carbocycles. The van der Waals surface area contributed by atoms with Crippen molar-refractivity contribution in [2.75, 3.05) is 5.32 Å². The van der Waals surface area contributed by atoms with Crippen LogP contribution in [-0.4, -0.2) is 20.7 Å². The molecular formula is C20H19BrN4O. The molecule has 3 aromatic rings. The SMILES string of the molecule is O=C(Nc1ccc(-c2nnc3n2CCCCC3)cc1)c1cccc(Br)c1. The van der Waals surface area contributed by atoms with E-state index >= 15 is 0 Å². The minimum absolute atomic E-state index is 0.129. The number of hydrogen-bond donors (Lipinski definition) is 1. The molecule has 0 saturated carbocycles. The molecule has 5 nitrogen and oxygen atoms in total. The Morgan fingerprint density at radius 1 is 1.04 bits per heavy atom. The highest BCUT2D eigenvalue weighted by Crippen LogP contribution is 2.24. The van der Waals surface area contributed by atoms with Gasteiger partial charge in [-0.1, -0.05) is 28.4 Å². The number of rotatable bonds is 3. The lowest BCUT2D eigenvalue weighted by atomic mass is 10.1. The van der Waals surface area contributed by atoms with E-state index in [0.29, 0.717) is 5.56 Å². The smallest absolute Gasteiger partial charge is 0.255 e. The first-order valence-electron chi connectivity index (χ1n) is 8.80. The van der Waals surface area contributed by atoms with Crippen molar-refractivity contribution in [3.63, 3.8) is 0 Å². The monoisotopic (exact) mass is 410 g/mol. The van der Waals surface area contributed by atoms with Gasteiger partial charge in [-0.2, -0.15) is 0 Å². The van der Waals surface area contributed by atoms with Crippen molar-refractivity contribution in [1.29, 1.82) is 0 Å². The number of aromatic nitrogens is 3. The normalized spacial score (nSPS) is 13.7. The van der Waals surface area contributed by atoms with Crippen LogP contribution in [0.5, 0.6) is 0 Å². The second kappa shape index (κ2) is 7.41. The lowest BCUT2D eigenvalue weighted by molar-refractivity contribution is 0.102. The summed E-state index contributed by atoms with van der Waals surface area (Å²) in [6.07, 6.45) is 4.58. The zero-order valence-electron chi connectivity index (χ0n) is 14.3. The van der Waals surface area contributed by atoms with Crippen LogP contribution in [0.4, 0.5) is 5.69 Å². The maximum atomic E-state index is 12.4. The third-order valence-electron chi connectivity index (χ3n) is 4.60. The summed E-state index contributed by atoms with van der Waals surface area (Å²) in [7, 11) is 0. The molecule has 1 aliphatic rings. The Bertz CT molecular complexity index is 933. The molecule has 0 radical (unpaired) electrons. The molecule has 0 atom stereocenters. The van der Waals surface area contributed by atoms with E-state index < -0.39 is 0 Å². The van der Waals surface area contributed by atoms with Crippen LogP contribution in [0, 0.1) is 0 Å². The molecule has 0 fully saturated rings. The Labute approximate surface area is 160 Å². The van der Waals surface area contributed by atoms with Crippen LogP contribution in [0.1, 0.15) is 35.4 Å². The van der Waals surface area contributed by atoms with Gasteiger partial charge < -0.3 is 9.88 Å². The number of carbonyl (C=O) groups is 1. The molecule has 1 N–H and O–H groups in total. The van der Waals surface area contributed by atoms with Crippen LogP contribution in [-0.2, 0) is 13.0 Å². The van der Waals surface area contributed by atoms with Crippen molar-refractivity contribution in [3.8, 4) is 11.4 Å². The molecule has 1 aromatic heterocycles. The van der Waals surface area contributed by atoms with Gasteiger partial charge in [-0.15, -0.1) is 10.2 Å². The molecular weight excluding hydrogens is 392 g/mol. The minimum atomic E-state index is -0.129. The van der Waals surface area contributed by atoms with Crippen LogP contribution in [0.2, 0.25) is 0 Å². The zero-order valence-corrected chi connectivity index (χ0v) is 15.9. The first-order valence-corrected chi connectivity index (χ1v) is 9.59. The van der Waals surface area contributed by atoms with Crippen molar-refractivity contribution >= 4 is 27.5 Å². The molecule has 0 bridgehead atoms. The Kier molecular flexibility index (Phi) is 4.84. The fourth-order valence-electron chi connectivity index (χ4n) is 3.23. The summed E-state index contributed by atoms with van der Waals surface area (Å²) >= 11 is 3.39. The summed E-state index contributed by atoms with van der Waals surface area (Å²) in [5.74, 6) is 1.85. The summed E-state index contributed by atoms with van der Waals surface area (Å²) < 4.78 is 3.11. The number of amides is 1. The van der Waals surface area contributed by atoms with Gasteiger partial charge in [-0.3, -0.25) is 4.79 Å². The number of carbonyl (C=O) groups excluding carboxylic acids is 1. The number of fused-ring (bicyclic) bond motifs is 1. The van der Waals surface area contributed by atoms with Crippen LogP contribution in [0.15, 0.2) is 53.0 Å². The highest BCUT2D eigenvalue weighted by molar-refractivity contribution is 9.10. The van der Waals surface area contributed by atoms with Crippen LogP contribution >= 0.6 is 15.9 Å². The van der Waals surface area contributed by atoms with E-state index in [1.165, 1.54) is 19.3 Å². The number of halogens is 1. The van der Waals surface area contributed by atoms with E-state index in [0.717, 1.165) is 40.3 Å². The number of hydrogen-bond acceptors (Lipinski definition) is 3. The molecule has 26 heavy (non-hydrogen) atoms. The Balaban J connectivity index is 1.52. The molecule has 2 aromatic carbocycles. The number of nitrogens with one attached hydrogen (secondary N) is 1. The van der Waals surface area contributed by atoms with Gasteiger partial charge in [0.25, 0.3) is 5.91 Å². The maximum Gasteiger partial charge on any atom is 0.255 e. The van der Waals surface area contributed by atoms with Gasteiger partial charge >= 0.3 is 0 Å². The number of benzene rings is 2. The fourth-order valence-corrected chi connectivity index (χ4v) is 3.63. The Morgan fingerprint density at radius 2 is 1.88 bits per heavy atom. The molecule has 0 unspecified atom stereocenters. The van der Waals surface area contributed by atoms with E-state index in [2.05, 4.69) is 36.0 Å². The van der Waals surface area contributed by atoms with E-state index in [1.807, 2.05) is 36.4 Å². The van der Waals surface area contributed by atoms with E-state index in [9.17, 15) is 4.79 Å². The summed E-state index contributed by atoms with van der Waals surface area (Å²) in [5, 5.41) is 11.7. The van der Waals surface area contributed by atoms with Crippen LogP contribution in [0.25, 0.3) is 11.4 Å². The minimum Gasteiger partial charge on any atom is -0.322 e. The third-order valence-corrected chi connectivity index (χ3v) is 5.09. The molecule has 0 spiro atoms. The largest absolute Gasteiger partial charge is 0.322 e. The summed E-state index contributed by atoms with van der Waals surface area (Å²) in [5.41, 5.74) is 2.40. The second-order valence-corrected chi connectivity index (χ2v) is 7.36. The molecule has 132 valence electrons. The van der Waals surface area contributed by atoms with Gasteiger partial charge in [0.05, 0.1) is 0 Å². The average Bonchev–Trinajstić information content (AvgIpc) is 2.90. The van der Waals surface area contributed by atoms with Crippen LogP contribution in [0.3, 0.4) is 0 Å². The molecule has 6 heteroatoms. The van der Waals surface area contributed by atoms with Crippen molar-refractivity contribution < 1.29 is 4.79 Å². The third kappa shape index (κ3) is 3.55. The summed E-state index contributed by atoms with van der Waals surface area (Å²) in [6, 6.07) is 15.1. The topological polar surface area (TPSA) is 59.8 Å². The summed E-state index contributed by atoms with van der Waals surface area (Å²) in [4.78, 5) is 12.4. The van der Waals surface area contributed by atoms with Crippen LogP contribution < -0.4 is 5.32 Å². The fraction of sp³-hybridized carbons (Fsp3) is 0.250. The molecule has 0 saturated heterocycles. The second-order valence-electron chi connectivity index (χ2n) is 6.44. The van der Waals surface area contributed by atoms with E-state index in [4.69, 9.17) is 0 Å². The van der Waals surface area contributed by atoms with Gasteiger partial charge in [0.15, 0.2) is 5.82 Å². The van der Waals surface area contributed by atoms with Crippen molar-refractivity contribution in [2.45, 2.75) is 32.2 Å². The van der Waals surface area contributed by atoms with Gasteiger partial charge in [0.1, 0.15) is 5.82 Å². The quantitative estimate of drug-likeness (QED) is 0.681. The van der Waals surface area contributed by atoms with Crippen molar-refractivity contribution in [1.82, 2.24) is 14.8 Å². The lowest BCUT2D eigenvalue weighted by Gasteiger charge is -2.09. The van der Waals surface area contributed by atoms with Gasteiger partial charge in [0.2, 0.25) is 0 Å². The molecule has 1 amide bonds. The van der Waals surface area contributed by atoms with Gasteiger partial charge in [0, 0.05) is 34.3 Å². The van der Waals surface area contributed by atoms with E-state index in [1.54, 1.807) is 12.1 Å². The highest BCUT2D eigenvalue weighted by Gasteiger charge is 2.16. The zero-order chi connectivity index (χ0) is 17.9. The molecule has 4 rings (SSSR count). The molecule has 1 aliphatic heterocycles. The van der Waals surface area contributed by atoms with E-state index in [-0.39, 0.29) is 5.91 Å².